The second-order valence-corrected chi connectivity index (χ2v) is 5.41. The zero-order valence-corrected chi connectivity index (χ0v) is 10.7. The fraction of sp³-hybridized carbons (Fsp3) is 0.0667. The lowest BCUT2D eigenvalue weighted by atomic mass is 10.1. The van der Waals surface area contributed by atoms with E-state index in [0.717, 1.165) is 9.40 Å². The van der Waals surface area contributed by atoms with Crippen molar-refractivity contribution in [3.63, 3.8) is 0 Å². The van der Waals surface area contributed by atoms with E-state index in [9.17, 15) is 9.59 Å². The third-order valence-electron chi connectivity index (χ3n) is 3.00. The van der Waals surface area contributed by atoms with Gasteiger partial charge in [0, 0.05) is 20.2 Å². The first kappa shape index (κ1) is 11.9. The number of carboxylic acids is 1. The summed E-state index contributed by atoms with van der Waals surface area (Å²) < 4.78 is 1.84. The quantitative estimate of drug-likeness (QED) is 0.728. The van der Waals surface area contributed by atoms with Crippen molar-refractivity contribution in [3.8, 4) is 0 Å². The van der Waals surface area contributed by atoms with Gasteiger partial charge in [0.1, 0.15) is 0 Å². The molecule has 3 nitrogen and oxygen atoms in total. The van der Waals surface area contributed by atoms with E-state index < -0.39 is 5.97 Å². The van der Waals surface area contributed by atoms with E-state index in [1.165, 1.54) is 0 Å². The minimum absolute atomic E-state index is 0.0309. The van der Waals surface area contributed by atoms with Crippen LogP contribution in [-0.2, 0) is 11.2 Å². The SMILES string of the molecule is O=C(O)Cc1ccc2sc3ccccc3c(=O)c2c1. The van der Waals surface area contributed by atoms with Crippen molar-refractivity contribution in [2.75, 3.05) is 0 Å². The largest absolute Gasteiger partial charge is 0.481 e. The Bertz CT molecular complexity index is 849. The second kappa shape index (κ2) is 4.48. The van der Waals surface area contributed by atoms with Crippen LogP contribution in [0.25, 0.3) is 20.2 Å². The Labute approximate surface area is 112 Å². The molecule has 0 saturated carbocycles. The molecule has 1 heterocycles. The van der Waals surface area contributed by atoms with Crippen LogP contribution >= 0.6 is 11.3 Å². The Morgan fingerprint density at radius 2 is 1.79 bits per heavy atom. The molecule has 0 amide bonds. The molecule has 0 fully saturated rings. The molecule has 0 spiro atoms. The molecule has 19 heavy (non-hydrogen) atoms. The average molecular weight is 270 g/mol. The maximum absolute atomic E-state index is 12.4. The second-order valence-electron chi connectivity index (χ2n) is 4.33. The lowest BCUT2D eigenvalue weighted by molar-refractivity contribution is -0.136. The molecule has 0 saturated heterocycles. The molecule has 0 unspecified atom stereocenters. The number of carboxylic acid groups (broad SMARTS) is 1. The van der Waals surface area contributed by atoms with E-state index in [1.807, 2.05) is 24.3 Å². The van der Waals surface area contributed by atoms with Crippen LogP contribution < -0.4 is 5.43 Å². The summed E-state index contributed by atoms with van der Waals surface area (Å²) in [4.78, 5) is 23.1. The molecule has 1 aromatic heterocycles. The van der Waals surface area contributed by atoms with Crippen LogP contribution in [0.2, 0.25) is 0 Å². The van der Waals surface area contributed by atoms with Gasteiger partial charge in [-0.3, -0.25) is 9.59 Å². The predicted octanol–water partition coefficient (Wildman–Crippen LogP) is 3.04. The summed E-state index contributed by atoms with van der Waals surface area (Å²) in [5, 5.41) is 10.1. The molecule has 0 aliphatic carbocycles. The summed E-state index contributed by atoms with van der Waals surface area (Å²) in [6, 6.07) is 12.7. The zero-order valence-electron chi connectivity index (χ0n) is 9.92. The Kier molecular flexibility index (Phi) is 2.80. The van der Waals surface area contributed by atoms with Crippen molar-refractivity contribution in [3.05, 3.63) is 58.3 Å². The maximum Gasteiger partial charge on any atom is 0.307 e. The topological polar surface area (TPSA) is 54.4 Å². The Morgan fingerprint density at radius 1 is 1.05 bits per heavy atom. The third kappa shape index (κ3) is 2.11. The van der Waals surface area contributed by atoms with Gasteiger partial charge in [-0.05, 0) is 29.8 Å². The Balaban J connectivity index is 2.33. The number of carbonyl (C=O) groups is 1. The van der Waals surface area contributed by atoms with E-state index in [-0.39, 0.29) is 11.8 Å². The molecular weight excluding hydrogens is 260 g/mol. The number of fused-ring (bicyclic) bond motifs is 2. The van der Waals surface area contributed by atoms with Crippen molar-refractivity contribution < 1.29 is 9.90 Å². The molecule has 3 rings (SSSR count). The summed E-state index contributed by atoms with van der Waals surface area (Å²) in [5.41, 5.74) is 0.621. The first-order valence-corrected chi connectivity index (χ1v) is 6.63. The van der Waals surface area contributed by atoms with Gasteiger partial charge in [0.25, 0.3) is 0 Å². The van der Waals surface area contributed by atoms with Crippen LogP contribution in [0.1, 0.15) is 5.56 Å². The van der Waals surface area contributed by atoms with Crippen LogP contribution in [0.5, 0.6) is 0 Å². The van der Waals surface area contributed by atoms with Gasteiger partial charge in [-0.1, -0.05) is 18.2 Å². The molecule has 0 aliphatic rings. The molecule has 0 bridgehead atoms. The third-order valence-corrected chi connectivity index (χ3v) is 4.15. The summed E-state index contributed by atoms with van der Waals surface area (Å²) in [7, 11) is 0. The molecule has 2 aromatic carbocycles. The van der Waals surface area contributed by atoms with Crippen LogP contribution in [0, 0.1) is 0 Å². The fourth-order valence-electron chi connectivity index (χ4n) is 2.13. The minimum atomic E-state index is -0.892. The average Bonchev–Trinajstić information content (AvgIpc) is 2.39. The smallest absolute Gasteiger partial charge is 0.307 e. The minimum Gasteiger partial charge on any atom is -0.481 e. The van der Waals surface area contributed by atoms with Gasteiger partial charge in [-0.25, -0.2) is 0 Å². The molecule has 4 heteroatoms. The first-order valence-electron chi connectivity index (χ1n) is 5.81. The molecular formula is C15H10O3S. The first-order chi connectivity index (χ1) is 9.15. The van der Waals surface area contributed by atoms with Gasteiger partial charge in [0.05, 0.1) is 6.42 Å². The Hall–Kier alpha value is -2.20. The predicted molar refractivity (Wildman–Crippen MR) is 76.9 cm³/mol. The van der Waals surface area contributed by atoms with Crippen LogP contribution in [0.15, 0.2) is 47.3 Å². The highest BCUT2D eigenvalue weighted by Crippen LogP contribution is 2.25. The van der Waals surface area contributed by atoms with Crippen molar-refractivity contribution in [1.82, 2.24) is 0 Å². The summed E-state index contributed by atoms with van der Waals surface area (Å²) in [6.07, 6.45) is -0.0626. The fourth-order valence-corrected chi connectivity index (χ4v) is 3.19. The van der Waals surface area contributed by atoms with E-state index in [2.05, 4.69) is 0 Å². The van der Waals surface area contributed by atoms with Gasteiger partial charge < -0.3 is 5.11 Å². The van der Waals surface area contributed by atoms with Gasteiger partial charge in [0.2, 0.25) is 0 Å². The lowest BCUT2D eigenvalue weighted by Gasteiger charge is -2.03. The number of benzene rings is 2. The van der Waals surface area contributed by atoms with E-state index in [4.69, 9.17) is 5.11 Å². The van der Waals surface area contributed by atoms with Crippen molar-refractivity contribution in [1.29, 1.82) is 0 Å². The van der Waals surface area contributed by atoms with E-state index >= 15 is 0 Å². The summed E-state index contributed by atoms with van der Waals surface area (Å²) >= 11 is 1.55. The molecule has 3 aromatic rings. The highest BCUT2D eigenvalue weighted by molar-refractivity contribution is 7.24. The number of aliphatic carboxylic acids is 1. The monoisotopic (exact) mass is 270 g/mol. The highest BCUT2D eigenvalue weighted by Gasteiger charge is 2.07. The number of rotatable bonds is 2. The Morgan fingerprint density at radius 3 is 2.58 bits per heavy atom. The lowest BCUT2D eigenvalue weighted by Crippen LogP contribution is -2.04. The van der Waals surface area contributed by atoms with Gasteiger partial charge in [-0.2, -0.15) is 0 Å². The zero-order chi connectivity index (χ0) is 13.4. The molecule has 94 valence electrons. The molecule has 0 radical (unpaired) electrons. The molecule has 0 atom stereocenters. The normalized spacial score (nSPS) is 10.9. The summed E-state index contributed by atoms with van der Waals surface area (Å²) in [6.45, 7) is 0. The van der Waals surface area contributed by atoms with Crippen LogP contribution in [0.4, 0.5) is 0 Å². The summed E-state index contributed by atoms with van der Waals surface area (Å²) in [5.74, 6) is -0.892. The van der Waals surface area contributed by atoms with E-state index in [0.29, 0.717) is 16.3 Å². The maximum atomic E-state index is 12.4. The van der Waals surface area contributed by atoms with Crippen molar-refractivity contribution >= 4 is 37.5 Å². The van der Waals surface area contributed by atoms with Gasteiger partial charge in [-0.15, -0.1) is 11.3 Å². The molecule has 1 N–H and O–H groups in total. The van der Waals surface area contributed by atoms with Crippen molar-refractivity contribution in [2.45, 2.75) is 6.42 Å². The van der Waals surface area contributed by atoms with Gasteiger partial charge >= 0.3 is 5.97 Å². The standard InChI is InChI=1S/C15H10O3S/c16-14(17)8-9-5-6-13-11(7-9)15(18)10-3-1-2-4-12(10)19-13/h1-7H,8H2,(H,16,17). The number of hydrogen-bond acceptors (Lipinski definition) is 3. The van der Waals surface area contributed by atoms with Crippen molar-refractivity contribution in [2.24, 2.45) is 0 Å². The highest BCUT2D eigenvalue weighted by atomic mass is 32.1. The van der Waals surface area contributed by atoms with Crippen LogP contribution in [-0.4, -0.2) is 11.1 Å². The van der Waals surface area contributed by atoms with Gasteiger partial charge in [0.15, 0.2) is 5.43 Å². The molecule has 0 aliphatic heterocycles. The van der Waals surface area contributed by atoms with E-state index in [1.54, 1.807) is 29.5 Å². The van der Waals surface area contributed by atoms with Crippen LogP contribution in [0.3, 0.4) is 0 Å². The number of hydrogen-bond donors (Lipinski definition) is 1.